The first-order valence-corrected chi connectivity index (χ1v) is 9.31. The Hall–Kier alpha value is -2.94. The van der Waals surface area contributed by atoms with E-state index in [1.807, 2.05) is 0 Å². The van der Waals surface area contributed by atoms with E-state index in [-0.39, 0.29) is 33.0 Å². The zero-order chi connectivity index (χ0) is 21.1. The minimum absolute atomic E-state index is 0.100. The lowest BCUT2D eigenvalue weighted by Gasteiger charge is -2.29. The molecule has 1 saturated heterocycles. The Morgan fingerprint density at radius 1 is 1.17 bits per heavy atom. The average molecular weight is 450 g/mol. The van der Waals surface area contributed by atoms with Gasteiger partial charge in [-0.15, -0.1) is 0 Å². The van der Waals surface area contributed by atoms with Gasteiger partial charge in [-0.2, -0.15) is 0 Å². The third-order valence-electron chi connectivity index (χ3n) is 3.85. The molecule has 1 aliphatic rings. The standard InChI is InChI=1S/C19H13Cl2N3O4S/c20-13-2-1-3-14(16(13)21)24-18(27)12(17(26)23-19(24)29)8-10-4-6-11(7-5-10)28-9-15(22)25/h1-8H,9H2,(H2,22,25)(H,23,26,29)/b12-8+. The highest BCUT2D eigenvalue weighted by Gasteiger charge is 2.35. The Kier molecular flexibility index (Phi) is 6.17. The summed E-state index contributed by atoms with van der Waals surface area (Å²) in [4.78, 5) is 37.2. The number of ether oxygens (including phenoxy) is 1. The number of nitrogens with two attached hydrogens (primary N) is 1. The molecule has 3 N–H and O–H groups in total. The van der Waals surface area contributed by atoms with E-state index in [0.29, 0.717) is 11.3 Å². The molecule has 3 amide bonds. The van der Waals surface area contributed by atoms with Crippen molar-refractivity contribution in [2.24, 2.45) is 5.73 Å². The van der Waals surface area contributed by atoms with Crippen molar-refractivity contribution in [3.8, 4) is 5.75 Å². The first kappa shape index (κ1) is 20.8. The fourth-order valence-electron chi connectivity index (χ4n) is 2.52. The zero-order valence-electron chi connectivity index (χ0n) is 14.6. The lowest BCUT2D eigenvalue weighted by atomic mass is 10.1. The van der Waals surface area contributed by atoms with Crippen LogP contribution in [0, 0.1) is 0 Å². The number of benzene rings is 2. The molecule has 0 unspecified atom stereocenters. The molecular formula is C19H13Cl2N3O4S. The zero-order valence-corrected chi connectivity index (χ0v) is 17.0. The Labute approximate surface area is 181 Å². The number of carbonyl (C=O) groups is 3. The summed E-state index contributed by atoms with van der Waals surface area (Å²) in [5.74, 6) is -1.46. The summed E-state index contributed by atoms with van der Waals surface area (Å²) in [6, 6.07) is 11.2. The van der Waals surface area contributed by atoms with Gasteiger partial charge in [0.05, 0.1) is 15.7 Å². The molecule has 0 atom stereocenters. The van der Waals surface area contributed by atoms with Crippen LogP contribution in [-0.4, -0.2) is 29.4 Å². The van der Waals surface area contributed by atoms with Crippen LogP contribution in [0.3, 0.4) is 0 Å². The maximum atomic E-state index is 13.0. The number of hydrogen-bond acceptors (Lipinski definition) is 5. The second-order valence-electron chi connectivity index (χ2n) is 5.85. The quantitative estimate of drug-likeness (QED) is 0.415. The smallest absolute Gasteiger partial charge is 0.270 e. The van der Waals surface area contributed by atoms with Crippen LogP contribution in [0.5, 0.6) is 5.75 Å². The number of thiocarbonyl (C=S) groups is 1. The molecule has 0 bridgehead atoms. The van der Waals surface area contributed by atoms with E-state index in [2.05, 4.69) is 5.32 Å². The van der Waals surface area contributed by atoms with Crippen LogP contribution in [-0.2, 0) is 14.4 Å². The van der Waals surface area contributed by atoms with Gasteiger partial charge in [0, 0.05) is 0 Å². The van der Waals surface area contributed by atoms with Gasteiger partial charge in [0.2, 0.25) is 0 Å². The van der Waals surface area contributed by atoms with E-state index in [9.17, 15) is 14.4 Å². The molecule has 1 aliphatic heterocycles. The topological polar surface area (TPSA) is 102 Å². The van der Waals surface area contributed by atoms with Crippen molar-refractivity contribution < 1.29 is 19.1 Å². The van der Waals surface area contributed by atoms with E-state index in [1.54, 1.807) is 42.5 Å². The fraction of sp³-hybridized carbons (Fsp3) is 0.0526. The largest absolute Gasteiger partial charge is 0.484 e. The second-order valence-corrected chi connectivity index (χ2v) is 7.03. The van der Waals surface area contributed by atoms with Gasteiger partial charge in [-0.25, -0.2) is 0 Å². The minimum atomic E-state index is -0.642. The van der Waals surface area contributed by atoms with Crippen LogP contribution in [0.1, 0.15) is 5.56 Å². The average Bonchev–Trinajstić information content (AvgIpc) is 2.67. The van der Waals surface area contributed by atoms with Gasteiger partial charge in [0.1, 0.15) is 11.3 Å². The predicted octanol–water partition coefficient (Wildman–Crippen LogP) is 2.69. The lowest BCUT2D eigenvalue weighted by Crippen LogP contribution is -2.54. The molecule has 0 spiro atoms. The normalized spacial score (nSPS) is 15.4. The summed E-state index contributed by atoms with van der Waals surface area (Å²) in [6.07, 6.45) is 1.41. The number of primary amides is 1. The number of nitrogens with one attached hydrogen (secondary N) is 1. The van der Waals surface area contributed by atoms with E-state index in [1.165, 1.54) is 6.08 Å². The minimum Gasteiger partial charge on any atom is -0.484 e. The third-order valence-corrected chi connectivity index (χ3v) is 4.94. The summed E-state index contributed by atoms with van der Waals surface area (Å²) >= 11 is 17.4. The monoisotopic (exact) mass is 449 g/mol. The molecule has 2 aromatic rings. The summed E-state index contributed by atoms with van der Waals surface area (Å²) in [7, 11) is 0. The van der Waals surface area contributed by atoms with E-state index in [0.717, 1.165) is 4.90 Å². The third kappa shape index (κ3) is 4.56. The first-order chi connectivity index (χ1) is 13.8. The SMILES string of the molecule is NC(=O)COc1ccc(/C=C2\C(=O)NC(=S)N(c3cccc(Cl)c3Cl)C2=O)cc1. The van der Waals surface area contributed by atoms with Gasteiger partial charge >= 0.3 is 0 Å². The van der Waals surface area contributed by atoms with Crippen LogP contribution < -0.4 is 20.7 Å². The number of anilines is 1. The first-order valence-electron chi connectivity index (χ1n) is 8.14. The van der Waals surface area contributed by atoms with E-state index < -0.39 is 17.7 Å². The highest BCUT2D eigenvalue weighted by Crippen LogP contribution is 2.34. The van der Waals surface area contributed by atoms with E-state index >= 15 is 0 Å². The van der Waals surface area contributed by atoms with E-state index in [4.69, 9.17) is 45.9 Å². The number of nitrogens with zero attached hydrogens (tertiary/aromatic N) is 1. The fourth-order valence-corrected chi connectivity index (χ4v) is 3.18. The second kappa shape index (κ2) is 8.60. The van der Waals surface area contributed by atoms with Crippen LogP contribution in [0.25, 0.3) is 6.08 Å². The summed E-state index contributed by atoms with van der Waals surface area (Å²) < 4.78 is 5.17. The van der Waals surface area contributed by atoms with Gasteiger partial charge < -0.3 is 10.5 Å². The number of carbonyl (C=O) groups excluding carboxylic acids is 3. The number of halogens is 2. The predicted molar refractivity (Wildman–Crippen MR) is 114 cm³/mol. The molecular weight excluding hydrogens is 437 g/mol. The van der Waals surface area contributed by atoms with Gasteiger partial charge in [-0.1, -0.05) is 41.4 Å². The van der Waals surface area contributed by atoms with Gasteiger partial charge in [-0.05, 0) is 48.1 Å². The summed E-state index contributed by atoms with van der Waals surface area (Å²) in [5.41, 5.74) is 5.70. The highest BCUT2D eigenvalue weighted by molar-refractivity contribution is 7.80. The molecule has 148 valence electrons. The molecule has 29 heavy (non-hydrogen) atoms. The van der Waals surface area contributed by atoms with Crippen LogP contribution in [0.2, 0.25) is 10.0 Å². The van der Waals surface area contributed by atoms with Crippen molar-refractivity contribution in [2.75, 3.05) is 11.5 Å². The van der Waals surface area contributed by atoms with Crippen LogP contribution in [0.15, 0.2) is 48.0 Å². The Bertz CT molecular complexity index is 1050. The number of rotatable bonds is 5. The molecule has 0 aliphatic carbocycles. The van der Waals surface area contributed by atoms with Gasteiger partial charge in [0.25, 0.3) is 17.7 Å². The number of amides is 3. The molecule has 0 aromatic heterocycles. The Morgan fingerprint density at radius 2 is 1.86 bits per heavy atom. The van der Waals surface area contributed by atoms with Crippen molar-refractivity contribution in [1.82, 2.24) is 5.32 Å². The highest BCUT2D eigenvalue weighted by atomic mass is 35.5. The molecule has 10 heteroatoms. The molecule has 0 radical (unpaired) electrons. The summed E-state index contributed by atoms with van der Waals surface area (Å²) in [5, 5.41) is 2.75. The Balaban J connectivity index is 1.91. The van der Waals surface area contributed by atoms with Crippen molar-refractivity contribution in [2.45, 2.75) is 0 Å². The van der Waals surface area contributed by atoms with Gasteiger partial charge in [0.15, 0.2) is 11.7 Å². The van der Waals surface area contributed by atoms with Crippen molar-refractivity contribution in [3.63, 3.8) is 0 Å². The van der Waals surface area contributed by atoms with Crippen LogP contribution in [0.4, 0.5) is 5.69 Å². The molecule has 0 saturated carbocycles. The molecule has 1 heterocycles. The molecule has 3 rings (SSSR count). The van der Waals surface area contributed by atoms with Crippen molar-refractivity contribution in [1.29, 1.82) is 0 Å². The summed E-state index contributed by atoms with van der Waals surface area (Å²) in [6.45, 7) is -0.256. The lowest BCUT2D eigenvalue weighted by molar-refractivity contribution is -0.122. The van der Waals surface area contributed by atoms with Crippen molar-refractivity contribution >= 4 is 70.0 Å². The van der Waals surface area contributed by atoms with Crippen molar-refractivity contribution in [3.05, 3.63) is 63.6 Å². The molecule has 1 fully saturated rings. The van der Waals surface area contributed by atoms with Crippen LogP contribution >= 0.6 is 35.4 Å². The molecule has 2 aromatic carbocycles. The van der Waals surface area contributed by atoms with Gasteiger partial charge in [-0.3, -0.25) is 24.6 Å². The maximum absolute atomic E-state index is 13.0. The molecule has 7 nitrogen and oxygen atoms in total. The maximum Gasteiger partial charge on any atom is 0.270 e. The Morgan fingerprint density at radius 3 is 2.52 bits per heavy atom. The number of hydrogen-bond donors (Lipinski definition) is 2.